The zero-order chi connectivity index (χ0) is 24.8. The lowest BCUT2D eigenvalue weighted by atomic mass is 10.1. The Bertz CT molecular complexity index is 1370. The molecule has 0 aliphatic rings. The van der Waals surface area contributed by atoms with E-state index in [2.05, 4.69) is 0 Å². The van der Waals surface area contributed by atoms with Gasteiger partial charge in [0.25, 0.3) is 0 Å². The van der Waals surface area contributed by atoms with Crippen LogP contribution in [0, 0.1) is 5.92 Å². The third-order valence-corrected chi connectivity index (χ3v) is 7.54. The number of carbonyl (C=O) groups excluding carboxylic acids is 1. The second-order valence-corrected chi connectivity index (χ2v) is 11.0. The van der Waals surface area contributed by atoms with Gasteiger partial charge in [-0.15, -0.1) is 0 Å². The van der Waals surface area contributed by atoms with Gasteiger partial charge in [-0.1, -0.05) is 74.5 Å². The van der Waals surface area contributed by atoms with E-state index in [0.717, 1.165) is 16.3 Å². The first-order valence-corrected chi connectivity index (χ1v) is 13.1. The molecular weight excluding hydrogens is 460 g/mol. The summed E-state index contributed by atoms with van der Waals surface area (Å²) in [5.41, 5.74) is 0.959. The van der Waals surface area contributed by atoms with Crippen LogP contribution in [0.4, 0.5) is 0 Å². The third kappa shape index (κ3) is 6.18. The van der Waals surface area contributed by atoms with E-state index in [9.17, 15) is 13.2 Å². The van der Waals surface area contributed by atoms with Crippen LogP contribution < -0.4 is 0 Å². The highest BCUT2D eigenvalue weighted by molar-refractivity contribution is 7.89. The zero-order valence-corrected chi connectivity index (χ0v) is 20.8. The second kappa shape index (κ2) is 10.9. The number of rotatable bonds is 10. The molecule has 0 saturated carbocycles. The fourth-order valence-corrected chi connectivity index (χ4v) is 5.60. The van der Waals surface area contributed by atoms with Crippen molar-refractivity contribution in [3.05, 3.63) is 103 Å². The van der Waals surface area contributed by atoms with Crippen molar-refractivity contribution in [1.82, 2.24) is 9.21 Å². The van der Waals surface area contributed by atoms with Gasteiger partial charge in [0, 0.05) is 13.1 Å². The van der Waals surface area contributed by atoms with Gasteiger partial charge in [-0.05, 0) is 46.5 Å². The molecule has 0 N–H and O–H groups in total. The number of carbonyl (C=O) groups is 1. The minimum atomic E-state index is -3.89. The summed E-state index contributed by atoms with van der Waals surface area (Å²) >= 11 is 0. The fraction of sp³-hybridized carbons (Fsp3) is 0.250. The van der Waals surface area contributed by atoms with Gasteiger partial charge in [0.15, 0.2) is 0 Å². The Labute approximate surface area is 206 Å². The fourth-order valence-electron chi connectivity index (χ4n) is 4.01. The van der Waals surface area contributed by atoms with Crippen LogP contribution in [0.3, 0.4) is 0 Å². The first-order valence-electron chi connectivity index (χ1n) is 11.7. The Morgan fingerprint density at radius 3 is 2.26 bits per heavy atom. The maximum Gasteiger partial charge on any atom is 0.243 e. The summed E-state index contributed by atoms with van der Waals surface area (Å²) in [5.74, 6) is 0.406. The molecule has 0 spiro atoms. The molecule has 35 heavy (non-hydrogen) atoms. The molecule has 7 heteroatoms. The average Bonchev–Trinajstić information content (AvgIpc) is 3.36. The van der Waals surface area contributed by atoms with Crippen LogP contribution in [0.2, 0.25) is 0 Å². The summed E-state index contributed by atoms with van der Waals surface area (Å²) in [6.45, 7) is 4.48. The molecule has 3 aromatic carbocycles. The summed E-state index contributed by atoms with van der Waals surface area (Å²) in [5, 5.41) is 1.80. The number of hydrogen-bond acceptors (Lipinski definition) is 4. The molecule has 4 aromatic rings. The number of sulfonamides is 1. The van der Waals surface area contributed by atoms with Crippen molar-refractivity contribution in [3.8, 4) is 0 Å². The number of fused-ring (bicyclic) bond motifs is 1. The number of amides is 1. The Kier molecular flexibility index (Phi) is 7.68. The highest BCUT2D eigenvalue weighted by Crippen LogP contribution is 2.23. The largest absolute Gasteiger partial charge is 0.467 e. The van der Waals surface area contributed by atoms with E-state index >= 15 is 0 Å². The van der Waals surface area contributed by atoms with E-state index in [1.165, 1.54) is 4.31 Å². The van der Waals surface area contributed by atoms with Gasteiger partial charge in [-0.25, -0.2) is 8.42 Å². The first kappa shape index (κ1) is 24.7. The Morgan fingerprint density at radius 2 is 1.57 bits per heavy atom. The number of furan rings is 1. The lowest BCUT2D eigenvalue weighted by Crippen LogP contribution is -2.43. The lowest BCUT2D eigenvalue weighted by molar-refractivity contribution is -0.133. The van der Waals surface area contributed by atoms with Gasteiger partial charge >= 0.3 is 0 Å². The van der Waals surface area contributed by atoms with Gasteiger partial charge in [0.1, 0.15) is 5.76 Å². The van der Waals surface area contributed by atoms with Crippen molar-refractivity contribution in [2.75, 3.05) is 13.1 Å². The van der Waals surface area contributed by atoms with Crippen LogP contribution >= 0.6 is 0 Å². The first-order chi connectivity index (χ1) is 16.8. The molecule has 0 fully saturated rings. The molecular formula is C28H30N2O4S. The Balaban J connectivity index is 1.62. The van der Waals surface area contributed by atoms with E-state index in [1.807, 2.05) is 74.5 Å². The van der Waals surface area contributed by atoms with Gasteiger partial charge in [-0.2, -0.15) is 4.31 Å². The van der Waals surface area contributed by atoms with Crippen LogP contribution in [0.25, 0.3) is 10.8 Å². The van der Waals surface area contributed by atoms with Gasteiger partial charge in [0.05, 0.1) is 24.2 Å². The maximum atomic E-state index is 13.7. The summed E-state index contributed by atoms with van der Waals surface area (Å²) < 4.78 is 34.1. The summed E-state index contributed by atoms with van der Waals surface area (Å²) in [7, 11) is -3.89. The molecule has 0 unspecified atom stereocenters. The molecule has 0 saturated heterocycles. The minimum Gasteiger partial charge on any atom is -0.467 e. The zero-order valence-electron chi connectivity index (χ0n) is 20.0. The van der Waals surface area contributed by atoms with Crippen LogP contribution in [-0.2, 0) is 27.9 Å². The summed E-state index contributed by atoms with van der Waals surface area (Å²) in [6.07, 6.45) is 1.57. The topological polar surface area (TPSA) is 70.8 Å². The summed E-state index contributed by atoms with van der Waals surface area (Å²) in [4.78, 5) is 15.4. The summed E-state index contributed by atoms with van der Waals surface area (Å²) in [6, 6.07) is 25.9. The molecule has 6 nitrogen and oxygen atoms in total. The molecule has 1 amide bonds. The minimum absolute atomic E-state index is 0.0469. The quantitative estimate of drug-likeness (QED) is 0.302. The molecule has 1 heterocycles. The van der Waals surface area contributed by atoms with Crippen molar-refractivity contribution in [2.24, 2.45) is 5.92 Å². The molecule has 0 bridgehead atoms. The van der Waals surface area contributed by atoms with E-state index in [0.29, 0.717) is 12.3 Å². The number of benzene rings is 3. The van der Waals surface area contributed by atoms with Gasteiger partial charge in [0.2, 0.25) is 15.9 Å². The average molecular weight is 491 g/mol. The van der Waals surface area contributed by atoms with Crippen molar-refractivity contribution in [2.45, 2.75) is 31.8 Å². The van der Waals surface area contributed by atoms with Gasteiger partial charge in [-0.3, -0.25) is 4.79 Å². The number of nitrogens with zero attached hydrogens (tertiary/aromatic N) is 2. The number of hydrogen-bond donors (Lipinski definition) is 0. The third-order valence-electron chi connectivity index (χ3n) is 5.73. The standard InChI is InChI=1S/C28H30N2O4S/c1-22(2)18-30(35(32,33)27-15-14-24-11-6-7-12-25(24)17-27)21-28(31)29(20-26-13-8-16-34-26)19-23-9-4-3-5-10-23/h3-17,22H,18-21H2,1-2H3. The molecule has 0 aliphatic heterocycles. The van der Waals surface area contributed by atoms with Crippen LogP contribution in [0.1, 0.15) is 25.2 Å². The van der Waals surface area contributed by atoms with Crippen LogP contribution in [0.5, 0.6) is 0 Å². The normalized spacial score (nSPS) is 11.9. The molecule has 182 valence electrons. The van der Waals surface area contributed by atoms with Crippen molar-refractivity contribution in [1.29, 1.82) is 0 Å². The van der Waals surface area contributed by atoms with Crippen molar-refractivity contribution >= 4 is 26.7 Å². The SMILES string of the molecule is CC(C)CN(CC(=O)N(Cc1ccccc1)Cc1ccco1)S(=O)(=O)c1ccc2ccccc2c1. The van der Waals surface area contributed by atoms with E-state index in [4.69, 9.17) is 4.42 Å². The van der Waals surface area contributed by atoms with E-state index < -0.39 is 10.0 Å². The molecule has 0 atom stereocenters. The van der Waals surface area contributed by atoms with Gasteiger partial charge < -0.3 is 9.32 Å². The van der Waals surface area contributed by atoms with Crippen molar-refractivity contribution in [3.63, 3.8) is 0 Å². The predicted molar refractivity (Wildman–Crippen MR) is 137 cm³/mol. The molecule has 0 radical (unpaired) electrons. The van der Waals surface area contributed by atoms with E-state index in [-0.39, 0.29) is 36.4 Å². The van der Waals surface area contributed by atoms with Crippen LogP contribution in [0.15, 0.2) is 101 Å². The van der Waals surface area contributed by atoms with Crippen LogP contribution in [-0.4, -0.2) is 36.6 Å². The highest BCUT2D eigenvalue weighted by atomic mass is 32.2. The Morgan fingerprint density at radius 1 is 0.857 bits per heavy atom. The van der Waals surface area contributed by atoms with Crippen molar-refractivity contribution < 1.29 is 17.6 Å². The highest BCUT2D eigenvalue weighted by Gasteiger charge is 2.29. The Hall–Kier alpha value is -3.42. The van der Waals surface area contributed by atoms with E-state index in [1.54, 1.807) is 35.4 Å². The second-order valence-electron chi connectivity index (χ2n) is 9.02. The smallest absolute Gasteiger partial charge is 0.243 e. The molecule has 0 aliphatic carbocycles. The molecule has 1 aromatic heterocycles. The maximum absolute atomic E-state index is 13.7. The lowest BCUT2D eigenvalue weighted by Gasteiger charge is -2.28. The molecule has 4 rings (SSSR count). The predicted octanol–water partition coefficient (Wildman–Crippen LogP) is 5.31. The monoisotopic (exact) mass is 490 g/mol.